The van der Waals surface area contributed by atoms with E-state index < -0.39 is 0 Å². The Labute approximate surface area is 165 Å². The van der Waals surface area contributed by atoms with Crippen molar-refractivity contribution < 1.29 is 4.74 Å². The van der Waals surface area contributed by atoms with E-state index in [0.29, 0.717) is 0 Å². The Morgan fingerprint density at radius 2 is 2.17 bits per heavy atom. The highest BCUT2D eigenvalue weighted by molar-refractivity contribution is 14.0. The van der Waals surface area contributed by atoms with Crippen LogP contribution >= 0.6 is 24.0 Å². The first-order valence-corrected chi connectivity index (χ1v) is 9.57. The standard InChI is InChI=1S/C19H35N3O.HI/c1-4-17(5-2)18-8-12-22(15-18)19(20-6-3)21-11-7-16-9-13-23-14-10-16;/h9,17-18H,4-8,10-15H2,1-3H3,(H,20,21);1H. The van der Waals surface area contributed by atoms with Crippen LogP contribution in [0.4, 0.5) is 0 Å². The number of halogens is 1. The molecule has 140 valence electrons. The lowest BCUT2D eigenvalue weighted by atomic mass is 9.87. The summed E-state index contributed by atoms with van der Waals surface area (Å²) in [7, 11) is 0. The molecule has 2 aliphatic rings. The van der Waals surface area contributed by atoms with Gasteiger partial charge in [0, 0.05) is 26.2 Å². The molecular weight excluding hydrogens is 413 g/mol. The van der Waals surface area contributed by atoms with Crippen molar-refractivity contribution in [2.45, 2.75) is 52.9 Å². The Bertz CT molecular complexity index is 407. The lowest BCUT2D eigenvalue weighted by Gasteiger charge is -2.24. The van der Waals surface area contributed by atoms with Gasteiger partial charge in [0.1, 0.15) is 0 Å². The van der Waals surface area contributed by atoms with Crippen LogP contribution in [-0.2, 0) is 4.74 Å². The number of rotatable bonds is 7. The summed E-state index contributed by atoms with van der Waals surface area (Å²) >= 11 is 0. The van der Waals surface area contributed by atoms with Gasteiger partial charge in [-0.15, -0.1) is 24.0 Å². The third-order valence-corrected chi connectivity index (χ3v) is 5.33. The van der Waals surface area contributed by atoms with Crippen molar-refractivity contribution in [3.8, 4) is 0 Å². The molecule has 0 radical (unpaired) electrons. The number of guanidine groups is 1. The number of aliphatic imine (C=N–C) groups is 1. The molecule has 0 amide bonds. The number of ether oxygens (including phenoxy) is 1. The van der Waals surface area contributed by atoms with E-state index in [1.807, 2.05) is 0 Å². The van der Waals surface area contributed by atoms with Gasteiger partial charge in [0.05, 0.1) is 13.2 Å². The highest BCUT2D eigenvalue weighted by Gasteiger charge is 2.29. The van der Waals surface area contributed by atoms with E-state index in [0.717, 1.165) is 63.5 Å². The molecule has 0 bridgehead atoms. The second-order valence-corrected chi connectivity index (χ2v) is 6.74. The topological polar surface area (TPSA) is 36.9 Å². The Hall–Kier alpha value is -0.300. The number of likely N-dealkylation sites (tertiary alicyclic amines) is 1. The van der Waals surface area contributed by atoms with Crippen LogP contribution in [0.5, 0.6) is 0 Å². The van der Waals surface area contributed by atoms with Crippen LogP contribution < -0.4 is 5.32 Å². The first kappa shape index (κ1) is 21.7. The van der Waals surface area contributed by atoms with Gasteiger partial charge in [0.15, 0.2) is 5.96 Å². The maximum absolute atomic E-state index is 5.37. The van der Waals surface area contributed by atoms with Crippen molar-refractivity contribution in [2.24, 2.45) is 16.8 Å². The quantitative estimate of drug-likeness (QED) is 0.276. The van der Waals surface area contributed by atoms with E-state index in [-0.39, 0.29) is 24.0 Å². The van der Waals surface area contributed by atoms with Gasteiger partial charge in [-0.2, -0.15) is 0 Å². The van der Waals surface area contributed by atoms with Gasteiger partial charge in [-0.05, 0) is 38.0 Å². The van der Waals surface area contributed by atoms with Crippen LogP contribution in [0, 0.1) is 11.8 Å². The number of hydrogen-bond donors (Lipinski definition) is 1. The summed E-state index contributed by atoms with van der Waals surface area (Å²) in [6.45, 7) is 12.6. The molecule has 0 aromatic heterocycles. The fourth-order valence-corrected chi connectivity index (χ4v) is 3.84. The van der Waals surface area contributed by atoms with Crippen molar-refractivity contribution in [3.05, 3.63) is 11.6 Å². The second-order valence-electron chi connectivity index (χ2n) is 6.74. The third kappa shape index (κ3) is 6.54. The van der Waals surface area contributed by atoms with Crippen LogP contribution in [0.25, 0.3) is 0 Å². The molecule has 0 spiro atoms. The summed E-state index contributed by atoms with van der Waals surface area (Å²) in [5, 5.41) is 3.49. The zero-order chi connectivity index (χ0) is 16.5. The molecule has 0 aliphatic carbocycles. The highest BCUT2D eigenvalue weighted by atomic mass is 127. The van der Waals surface area contributed by atoms with E-state index in [4.69, 9.17) is 9.73 Å². The summed E-state index contributed by atoms with van der Waals surface area (Å²) in [6.07, 6.45) is 8.30. The Morgan fingerprint density at radius 1 is 1.38 bits per heavy atom. The first-order valence-electron chi connectivity index (χ1n) is 9.57. The van der Waals surface area contributed by atoms with Gasteiger partial charge in [0.25, 0.3) is 0 Å². The summed E-state index contributed by atoms with van der Waals surface area (Å²) in [5.41, 5.74) is 1.51. The zero-order valence-electron chi connectivity index (χ0n) is 15.7. The molecule has 0 aromatic carbocycles. The average molecular weight is 449 g/mol. The van der Waals surface area contributed by atoms with Crippen molar-refractivity contribution in [2.75, 3.05) is 39.4 Å². The molecule has 24 heavy (non-hydrogen) atoms. The summed E-state index contributed by atoms with van der Waals surface area (Å²) in [4.78, 5) is 7.36. The molecule has 1 saturated heterocycles. The SMILES string of the molecule is CCNC(=NCCC1=CCOCC1)N1CCC(C(CC)CC)C1.I. The van der Waals surface area contributed by atoms with E-state index in [9.17, 15) is 0 Å². The van der Waals surface area contributed by atoms with Crippen molar-refractivity contribution in [3.63, 3.8) is 0 Å². The molecule has 2 aliphatic heterocycles. The van der Waals surface area contributed by atoms with Crippen LogP contribution in [0.3, 0.4) is 0 Å². The molecule has 1 atom stereocenters. The first-order chi connectivity index (χ1) is 11.3. The lowest BCUT2D eigenvalue weighted by Crippen LogP contribution is -2.40. The summed E-state index contributed by atoms with van der Waals surface area (Å²) in [5.74, 6) is 2.83. The van der Waals surface area contributed by atoms with Gasteiger partial charge < -0.3 is 15.0 Å². The summed E-state index contributed by atoms with van der Waals surface area (Å²) in [6, 6.07) is 0. The van der Waals surface area contributed by atoms with Gasteiger partial charge in [-0.1, -0.05) is 38.3 Å². The second kappa shape index (κ2) is 12.1. The van der Waals surface area contributed by atoms with Gasteiger partial charge >= 0.3 is 0 Å². The normalized spacial score (nSPS) is 21.7. The largest absolute Gasteiger partial charge is 0.377 e. The minimum atomic E-state index is 0. The predicted octanol–water partition coefficient (Wildman–Crippen LogP) is 4.06. The van der Waals surface area contributed by atoms with Crippen LogP contribution in [0.1, 0.15) is 52.9 Å². The monoisotopic (exact) mass is 449 g/mol. The van der Waals surface area contributed by atoms with E-state index in [1.54, 1.807) is 0 Å². The van der Waals surface area contributed by atoms with E-state index in [1.165, 1.54) is 31.4 Å². The fourth-order valence-electron chi connectivity index (χ4n) is 3.84. The summed E-state index contributed by atoms with van der Waals surface area (Å²) < 4.78 is 5.37. The fraction of sp³-hybridized carbons (Fsp3) is 0.842. The molecule has 2 heterocycles. The van der Waals surface area contributed by atoms with Crippen LogP contribution in [0.2, 0.25) is 0 Å². The minimum Gasteiger partial charge on any atom is -0.377 e. The number of nitrogens with one attached hydrogen (secondary N) is 1. The molecule has 2 rings (SSSR count). The van der Waals surface area contributed by atoms with Gasteiger partial charge in [0.2, 0.25) is 0 Å². The van der Waals surface area contributed by atoms with E-state index in [2.05, 4.69) is 37.1 Å². The Morgan fingerprint density at radius 3 is 2.79 bits per heavy atom. The molecule has 4 nitrogen and oxygen atoms in total. The molecule has 5 heteroatoms. The number of nitrogens with zero attached hydrogens (tertiary/aromatic N) is 2. The van der Waals surface area contributed by atoms with Crippen molar-refractivity contribution in [1.29, 1.82) is 0 Å². The lowest BCUT2D eigenvalue weighted by molar-refractivity contribution is 0.153. The Balaban J connectivity index is 0.00000288. The van der Waals surface area contributed by atoms with Crippen molar-refractivity contribution in [1.82, 2.24) is 10.2 Å². The van der Waals surface area contributed by atoms with Gasteiger partial charge in [-0.3, -0.25) is 4.99 Å². The molecule has 1 fully saturated rings. The Kier molecular flexibility index (Phi) is 11.0. The molecule has 1 N–H and O–H groups in total. The predicted molar refractivity (Wildman–Crippen MR) is 113 cm³/mol. The molecular formula is C19H36IN3O. The van der Waals surface area contributed by atoms with Crippen LogP contribution in [0.15, 0.2) is 16.6 Å². The van der Waals surface area contributed by atoms with E-state index >= 15 is 0 Å². The maximum atomic E-state index is 5.37. The molecule has 0 aromatic rings. The smallest absolute Gasteiger partial charge is 0.193 e. The average Bonchev–Trinajstić information content (AvgIpc) is 3.06. The maximum Gasteiger partial charge on any atom is 0.193 e. The van der Waals surface area contributed by atoms with Gasteiger partial charge in [-0.25, -0.2) is 0 Å². The molecule has 0 saturated carbocycles. The minimum absolute atomic E-state index is 0. The zero-order valence-corrected chi connectivity index (χ0v) is 18.1. The number of hydrogen-bond acceptors (Lipinski definition) is 2. The van der Waals surface area contributed by atoms with Crippen molar-refractivity contribution >= 4 is 29.9 Å². The molecule has 1 unspecified atom stereocenters. The third-order valence-electron chi connectivity index (χ3n) is 5.33. The van der Waals surface area contributed by atoms with Crippen LogP contribution in [-0.4, -0.2) is 50.3 Å². The highest BCUT2D eigenvalue weighted by Crippen LogP contribution is 2.28.